The zero-order chi connectivity index (χ0) is 17.7. The van der Waals surface area contributed by atoms with Crippen LogP contribution >= 0.6 is 11.8 Å². The minimum atomic E-state index is -0.658. The van der Waals surface area contributed by atoms with Crippen LogP contribution in [0.4, 0.5) is 4.39 Å². The van der Waals surface area contributed by atoms with E-state index in [9.17, 15) is 14.0 Å². The van der Waals surface area contributed by atoms with Gasteiger partial charge in [0.2, 0.25) is 5.95 Å². The van der Waals surface area contributed by atoms with E-state index < -0.39 is 23.1 Å². The maximum Gasteiger partial charge on any atom is 0.319 e. The molecule has 0 spiro atoms. The third-order valence-corrected chi connectivity index (χ3v) is 4.86. The number of halogens is 1. The first-order valence-electron chi connectivity index (χ1n) is 7.49. The molecule has 128 valence electrons. The molecule has 0 aliphatic carbocycles. The summed E-state index contributed by atoms with van der Waals surface area (Å²) < 4.78 is 19.7. The molecule has 2 unspecified atom stereocenters. The van der Waals surface area contributed by atoms with Gasteiger partial charge in [0.05, 0.1) is 12.7 Å². The minimum absolute atomic E-state index is 0.0122. The van der Waals surface area contributed by atoms with E-state index in [4.69, 9.17) is 4.74 Å². The minimum Gasteiger partial charge on any atom is -0.468 e. The summed E-state index contributed by atoms with van der Waals surface area (Å²) in [6.07, 6.45) is 5.02. The third-order valence-electron chi connectivity index (χ3n) is 3.87. The largest absolute Gasteiger partial charge is 0.468 e. The van der Waals surface area contributed by atoms with Crippen LogP contribution < -0.4 is 0 Å². The number of thioether (sulfide) groups is 1. The predicted octanol–water partition coefficient (Wildman–Crippen LogP) is 3.31. The van der Waals surface area contributed by atoms with Crippen LogP contribution in [0, 0.1) is 5.92 Å². The van der Waals surface area contributed by atoms with Gasteiger partial charge in [0.25, 0.3) is 0 Å². The number of allylic oxidation sites excluding steroid dienone is 2. The molecule has 0 saturated heterocycles. The van der Waals surface area contributed by atoms with Gasteiger partial charge >= 0.3 is 5.97 Å². The van der Waals surface area contributed by atoms with E-state index in [-0.39, 0.29) is 11.4 Å². The summed E-state index contributed by atoms with van der Waals surface area (Å²) in [5.74, 6) is -2.11. The smallest absolute Gasteiger partial charge is 0.319 e. The van der Waals surface area contributed by atoms with Crippen molar-refractivity contribution < 1.29 is 18.7 Å². The van der Waals surface area contributed by atoms with Gasteiger partial charge in [0.15, 0.2) is 5.78 Å². The summed E-state index contributed by atoms with van der Waals surface area (Å²) in [4.78, 5) is 25.4. The van der Waals surface area contributed by atoms with Crippen LogP contribution in [-0.2, 0) is 20.9 Å². The number of ketones is 1. The molecule has 1 aliphatic heterocycles. The number of esters is 1. The number of hydrogen-bond acceptors (Lipinski definition) is 5. The van der Waals surface area contributed by atoms with Gasteiger partial charge in [-0.15, -0.1) is 11.8 Å². The number of nitrogens with zero attached hydrogens (tertiary/aromatic N) is 1. The molecule has 1 aromatic rings. The number of hydrogen-bond donors (Lipinski definition) is 0. The number of benzene rings is 1. The Labute approximate surface area is 145 Å². The average molecular weight is 349 g/mol. The van der Waals surface area contributed by atoms with Crippen LogP contribution in [0.15, 0.2) is 54.1 Å². The number of carbonyl (C=O) groups excluding carboxylic acids is 2. The zero-order valence-corrected chi connectivity index (χ0v) is 14.7. The van der Waals surface area contributed by atoms with Crippen molar-refractivity contribution in [2.75, 3.05) is 13.4 Å². The Balaban J connectivity index is 2.33. The van der Waals surface area contributed by atoms with Gasteiger partial charge in [-0.25, -0.2) is 0 Å². The predicted molar refractivity (Wildman–Crippen MR) is 92.7 cm³/mol. The van der Waals surface area contributed by atoms with Crippen molar-refractivity contribution in [3.8, 4) is 0 Å². The number of rotatable bonds is 6. The molecular weight excluding hydrogens is 329 g/mol. The SMILES string of the molecule is COC(=O)C(SC)C1C=CN(Cc2ccccc2)C(F)=C1C(C)=O. The van der Waals surface area contributed by atoms with E-state index >= 15 is 0 Å². The standard InChI is InChI=1S/C18H20FNO3S/c1-12(21)15-14(16(24-3)18(22)23-2)9-10-20(17(15)19)11-13-7-5-4-6-8-13/h4-10,14,16H,11H2,1-3H3. The first kappa shape index (κ1) is 18.3. The third kappa shape index (κ3) is 3.87. The Bertz CT molecular complexity index is 672. The summed E-state index contributed by atoms with van der Waals surface area (Å²) >= 11 is 1.24. The topological polar surface area (TPSA) is 46.6 Å². The summed E-state index contributed by atoms with van der Waals surface area (Å²) in [5.41, 5.74) is 0.936. The van der Waals surface area contributed by atoms with Crippen molar-refractivity contribution in [1.29, 1.82) is 0 Å². The van der Waals surface area contributed by atoms with Crippen molar-refractivity contribution in [3.05, 3.63) is 59.7 Å². The lowest BCUT2D eigenvalue weighted by molar-refractivity contribution is -0.140. The monoisotopic (exact) mass is 349 g/mol. The zero-order valence-electron chi connectivity index (χ0n) is 13.9. The fourth-order valence-electron chi connectivity index (χ4n) is 2.69. The Morgan fingerprint density at radius 3 is 2.54 bits per heavy atom. The molecule has 2 atom stereocenters. The molecule has 0 N–H and O–H groups in total. The van der Waals surface area contributed by atoms with Gasteiger partial charge in [-0.1, -0.05) is 36.4 Å². The second-order valence-electron chi connectivity index (χ2n) is 5.42. The molecule has 0 fully saturated rings. The van der Waals surface area contributed by atoms with E-state index in [0.29, 0.717) is 6.54 Å². The Morgan fingerprint density at radius 1 is 1.33 bits per heavy atom. The Kier molecular flexibility index (Phi) is 6.20. The van der Waals surface area contributed by atoms with E-state index in [2.05, 4.69) is 0 Å². The molecule has 1 heterocycles. The van der Waals surface area contributed by atoms with Crippen molar-refractivity contribution in [3.63, 3.8) is 0 Å². The van der Waals surface area contributed by atoms with Gasteiger partial charge in [-0.3, -0.25) is 9.59 Å². The van der Waals surface area contributed by atoms with Crippen LogP contribution in [0.5, 0.6) is 0 Å². The lowest BCUT2D eigenvalue weighted by Crippen LogP contribution is -2.34. The number of ether oxygens (including phenoxy) is 1. The molecule has 0 radical (unpaired) electrons. The Hall–Kier alpha value is -2.08. The van der Waals surface area contributed by atoms with E-state index in [0.717, 1.165) is 5.56 Å². The van der Waals surface area contributed by atoms with Crippen molar-refractivity contribution in [1.82, 2.24) is 4.90 Å². The molecule has 6 heteroatoms. The summed E-state index contributed by atoms with van der Waals surface area (Å²) in [7, 11) is 1.29. The van der Waals surface area contributed by atoms with Gasteiger partial charge in [0.1, 0.15) is 5.25 Å². The van der Waals surface area contributed by atoms with Crippen molar-refractivity contribution >= 4 is 23.5 Å². The molecule has 0 aromatic heterocycles. The number of carbonyl (C=O) groups is 2. The maximum absolute atomic E-state index is 14.9. The molecule has 1 aromatic carbocycles. The van der Waals surface area contributed by atoms with Crippen LogP contribution in [0.3, 0.4) is 0 Å². The highest BCUT2D eigenvalue weighted by Crippen LogP contribution is 2.35. The van der Waals surface area contributed by atoms with Gasteiger partial charge in [-0.2, -0.15) is 4.39 Å². The lowest BCUT2D eigenvalue weighted by Gasteiger charge is -2.30. The van der Waals surface area contributed by atoms with E-state index in [1.54, 1.807) is 18.5 Å². The molecule has 0 saturated carbocycles. The number of methoxy groups -OCH3 is 1. The quantitative estimate of drug-likeness (QED) is 0.582. The Morgan fingerprint density at radius 2 is 2.00 bits per heavy atom. The first-order valence-corrected chi connectivity index (χ1v) is 8.78. The first-order chi connectivity index (χ1) is 11.5. The van der Waals surface area contributed by atoms with Crippen LogP contribution in [0.25, 0.3) is 0 Å². The molecule has 0 amide bonds. The normalized spacial score (nSPS) is 18.5. The van der Waals surface area contributed by atoms with Gasteiger partial charge in [0, 0.05) is 18.7 Å². The fourth-order valence-corrected chi connectivity index (χ4v) is 3.50. The van der Waals surface area contributed by atoms with Gasteiger partial charge in [-0.05, 0) is 18.7 Å². The average Bonchev–Trinajstić information content (AvgIpc) is 2.58. The second-order valence-corrected chi connectivity index (χ2v) is 6.40. The summed E-state index contributed by atoms with van der Waals surface area (Å²) in [5, 5.41) is -0.658. The molecule has 2 rings (SSSR count). The molecule has 4 nitrogen and oxygen atoms in total. The number of Topliss-reactive ketones (excluding diaryl/α,β-unsaturated/α-hetero) is 1. The highest BCUT2D eigenvalue weighted by atomic mass is 32.2. The second kappa shape index (κ2) is 8.15. The van der Waals surface area contributed by atoms with Crippen LogP contribution in [0.1, 0.15) is 12.5 Å². The van der Waals surface area contributed by atoms with E-state index in [1.165, 1.54) is 30.7 Å². The van der Waals surface area contributed by atoms with Crippen molar-refractivity contribution in [2.24, 2.45) is 5.92 Å². The molecule has 1 aliphatic rings. The highest BCUT2D eigenvalue weighted by molar-refractivity contribution is 7.99. The maximum atomic E-state index is 14.9. The van der Waals surface area contributed by atoms with Crippen LogP contribution in [-0.4, -0.2) is 35.3 Å². The van der Waals surface area contributed by atoms with Gasteiger partial charge < -0.3 is 9.64 Å². The van der Waals surface area contributed by atoms with E-state index in [1.807, 2.05) is 30.3 Å². The fraction of sp³-hybridized carbons (Fsp3) is 0.333. The summed E-state index contributed by atoms with van der Waals surface area (Å²) in [6.45, 7) is 1.63. The molecule has 24 heavy (non-hydrogen) atoms. The van der Waals surface area contributed by atoms with Crippen LogP contribution in [0.2, 0.25) is 0 Å². The molecular formula is C18H20FNO3S. The van der Waals surface area contributed by atoms with Crippen molar-refractivity contribution in [2.45, 2.75) is 18.7 Å². The lowest BCUT2D eigenvalue weighted by atomic mass is 9.90. The molecule has 0 bridgehead atoms. The summed E-state index contributed by atoms with van der Waals surface area (Å²) in [6, 6.07) is 9.42. The highest BCUT2D eigenvalue weighted by Gasteiger charge is 2.36.